The quantitative estimate of drug-likeness (QED) is 0.520. The molecule has 0 spiro atoms. The predicted octanol–water partition coefficient (Wildman–Crippen LogP) is 1.51. The van der Waals surface area contributed by atoms with E-state index >= 15 is 0 Å². The highest BCUT2D eigenvalue weighted by Gasteiger charge is 1.68. The van der Waals surface area contributed by atoms with Crippen LogP contribution in [0, 0.1) is 35.5 Å². The van der Waals surface area contributed by atoms with Crippen molar-refractivity contribution < 1.29 is 5.11 Å². The van der Waals surface area contributed by atoms with Gasteiger partial charge in [-0.15, -0.1) is 0 Å². The summed E-state index contributed by atoms with van der Waals surface area (Å²) >= 11 is 0. The largest absolute Gasteiger partial charge is 0.396 e. The van der Waals surface area contributed by atoms with Crippen LogP contribution in [0.1, 0.15) is 13.3 Å². The molecule has 0 aromatic rings. The molecule has 0 bridgehead atoms. The van der Waals surface area contributed by atoms with Crippen LogP contribution in [-0.2, 0) is 0 Å². The van der Waals surface area contributed by atoms with Crippen molar-refractivity contribution in [2.24, 2.45) is 0 Å². The highest BCUT2D eigenvalue weighted by Crippen LogP contribution is 1.81. The average molecular weight is 184 g/mol. The van der Waals surface area contributed by atoms with Crippen molar-refractivity contribution in [1.82, 2.24) is 0 Å². The van der Waals surface area contributed by atoms with Crippen LogP contribution in [0.5, 0.6) is 0 Å². The first-order chi connectivity index (χ1) is 6.91. The lowest BCUT2D eigenvalue weighted by molar-refractivity contribution is 0.302. The van der Waals surface area contributed by atoms with Gasteiger partial charge in [0.25, 0.3) is 0 Å². The molecule has 0 aromatic heterocycles. The normalized spacial score (nSPS) is 8.43. The van der Waals surface area contributed by atoms with Crippen LogP contribution >= 0.6 is 0 Å². The summed E-state index contributed by atoms with van der Waals surface area (Å²) in [6, 6.07) is 0. The molecule has 0 fully saturated rings. The topological polar surface area (TPSA) is 20.2 Å². The molecule has 0 amide bonds. The Hall–Kier alpha value is -1.88. The maximum absolute atomic E-state index is 8.45. The summed E-state index contributed by atoms with van der Waals surface area (Å²) < 4.78 is 0. The second kappa shape index (κ2) is 11.1. The van der Waals surface area contributed by atoms with E-state index < -0.39 is 0 Å². The molecule has 0 saturated heterocycles. The van der Waals surface area contributed by atoms with Gasteiger partial charge in [0, 0.05) is 6.61 Å². The van der Waals surface area contributed by atoms with Crippen LogP contribution < -0.4 is 0 Å². The van der Waals surface area contributed by atoms with Gasteiger partial charge in [-0.3, -0.25) is 0 Å². The van der Waals surface area contributed by atoms with Gasteiger partial charge in [-0.25, -0.2) is 0 Å². The Labute approximate surface area is 85.5 Å². The molecule has 0 heterocycles. The van der Waals surface area contributed by atoms with Crippen molar-refractivity contribution in [1.29, 1.82) is 0 Å². The highest BCUT2D eigenvalue weighted by atomic mass is 16.2. The summed E-state index contributed by atoms with van der Waals surface area (Å²) in [5.41, 5.74) is 0. The molecule has 0 saturated carbocycles. The zero-order chi connectivity index (χ0) is 10.5. The van der Waals surface area contributed by atoms with Crippen LogP contribution in [-0.4, -0.2) is 11.7 Å². The number of hydrogen-bond acceptors (Lipinski definition) is 1. The van der Waals surface area contributed by atoms with E-state index in [9.17, 15) is 0 Å². The fraction of sp³-hybridized carbons (Fsp3) is 0.231. The first-order valence-corrected chi connectivity index (χ1v) is 4.26. The van der Waals surface area contributed by atoms with Crippen LogP contribution in [0.4, 0.5) is 0 Å². The Morgan fingerprint density at radius 3 is 2.57 bits per heavy atom. The Kier molecular flexibility index (Phi) is 9.63. The summed E-state index contributed by atoms with van der Waals surface area (Å²) in [5, 5.41) is 8.45. The molecule has 0 aliphatic rings. The van der Waals surface area contributed by atoms with E-state index in [-0.39, 0.29) is 6.61 Å². The molecule has 1 nitrogen and oxygen atoms in total. The number of aliphatic hydroxyl groups is 1. The lowest BCUT2D eigenvalue weighted by Crippen LogP contribution is -1.73. The van der Waals surface area contributed by atoms with E-state index in [4.69, 9.17) is 5.11 Å². The van der Waals surface area contributed by atoms with Crippen LogP contribution in [0.25, 0.3) is 0 Å². The van der Waals surface area contributed by atoms with Gasteiger partial charge in [0.2, 0.25) is 0 Å². The molecule has 14 heavy (non-hydrogen) atoms. The van der Waals surface area contributed by atoms with Crippen LogP contribution in [0.15, 0.2) is 24.3 Å². The molecular formula is C13H12O. The SMILES string of the molecule is CC#CC#CC#C/C=C/C=C/CCO. The van der Waals surface area contributed by atoms with E-state index in [0.29, 0.717) is 6.42 Å². The third kappa shape index (κ3) is 10.1. The van der Waals surface area contributed by atoms with Crippen molar-refractivity contribution in [2.75, 3.05) is 6.61 Å². The molecule has 0 unspecified atom stereocenters. The minimum Gasteiger partial charge on any atom is -0.396 e. The lowest BCUT2D eigenvalue weighted by Gasteiger charge is -1.78. The van der Waals surface area contributed by atoms with E-state index in [1.165, 1.54) is 0 Å². The second-order valence-electron chi connectivity index (χ2n) is 2.19. The zero-order valence-electron chi connectivity index (χ0n) is 8.17. The number of hydrogen-bond donors (Lipinski definition) is 1. The zero-order valence-corrected chi connectivity index (χ0v) is 8.17. The Morgan fingerprint density at radius 1 is 1.07 bits per heavy atom. The van der Waals surface area contributed by atoms with Crippen molar-refractivity contribution in [3.63, 3.8) is 0 Å². The summed E-state index contributed by atoms with van der Waals surface area (Å²) in [7, 11) is 0. The minimum absolute atomic E-state index is 0.178. The lowest BCUT2D eigenvalue weighted by atomic mass is 10.3. The molecule has 0 atom stereocenters. The van der Waals surface area contributed by atoms with Crippen molar-refractivity contribution in [3.8, 4) is 35.5 Å². The van der Waals surface area contributed by atoms with Crippen molar-refractivity contribution >= 4 is 0 Å². The molecular weight excluding hydrogens is 172 g/mol. The van der Waals surface area contributed by atoms with Gasteiger partial charge in [-0.05, 0) is 43.1 Å². The molecule has 0 aliphatic carbocycles. The van der Waals surface area contributed by atoms with Gasteiger partial charge < -0.3 is 5.11 Å². The maximum atomic E-state index is 8.45. The number of allylic oxidation sites excluding steroid dienone is 3. The van der Waals surface area contributed by atoms with E-state index in [1.54, 1.807) is 19.1 Å². The fourth-order valence-electron chi connectivity index (χ4n) is 0.556. The molecule has 0 aliphatic heterocycles. The van der Waals surface area contributed by atoms with Gasteiger partial charge in [0.05, 0.1) is 0 Å². The molecule has 0 radical (unpaired) electrons. The van der Waals surface area contributed by atoms with Gasteiger partial charge in [-0.2, -0.15) is 0 Å². The summed E-state index contributed by atoms with van der Waals surface area (Å²) in [6.45, 7) is 1.91. The minimum atomic E-state index is 0.178. The van der Waals surface area contributed by atoms with Gasteiger partial charge >= 0.3 is 0 Å². The smallest absolute Gasteiger partial charge is 0.0465 e. The van der Waals surface area contributed by atoms with E-state index in [0.717, 1.165) is 0 Å². The summed E-state index contributed by atoms with van der Waals surface area (Å²) in [5.74, 6) is 15.8. The Balaban J connectivity index is 3.80. The van der Waals surface area contributed by atoms with Crippen LogP contribution in [0.3, 0.4) is 0 Å². The molecule has 0 aromatic carbocycles. The Morgan fingerprint density at radius 2 is 1.86 bits per heavy atom. The van der Waals surface area contributed by atoms with E-state index in [2.05, 4.69) is 35.5 Å². The average Bonchev–Trinajstić information content (AvgIpc) is 2.21. The summed E-state index contributed by atoms with van der Waals surface area (Å²) in [4.78, 5) is 0. The first kappa shape index (κ1) is 12.1. The van der Waals surface area contributed by atoms with Crippen molar-refractivity contribution in [2.45, 2.75) is 13.3 Å². The first-order valence-electron chi connectivity index (χ1n) is 4.26. The van der Waals surface area contributed by atoms with Gasteiger partial charge in [0.1, 0.15) is 0 Å². The van der Waals surface area contributed by atoms with Gasteiger partial charge in [0.15, 0.2) is 0 Å². The summed E-state index contributed by atoms with van der Waals surface area (Å²) in [6.07, 6.45) is 7.87. The highest BCUT2D eigenvalue weighted by molar-refractivity contribution is 5.37. The standard InChI is InChI=1S/C13H12O/c1-2-3-4-5-6-7-8-9-10-11-12-13-14/h8-11,14H,12-13H2,1H3/b9-8+,11-10+. The Bertz CT molecular complexity index is 367. The maximum Gasteiger partial charge on any atom is 0.0465 e. The van der Waals surface area contributed by atoms with Gasteiger partial charge in [-0.1, -0.05) is 30.1 Å². The number of aliphatic hydroxyl groups excluding tert-OH is 1. The monoisotopic (exact) mass is 184 g/mol. The van der Waals surface area contributed by atoms with E-state index in [1.807, 2.05) is 12.2 Å². The van der Waals surface area contributed by atoms with Crippen LogP contribution in [0.2, 0.25) is 0 Å². The number of rotatable bonds is 3. The third-order valence-electron chi connectivity index (χ3n) is 1.11. The second-order valence-corrected chi connectivity index (χ2v) is 2.19. The molecule has 1 heteroatoms. The molecule has 70 valence electrons. The molecule has 0 rings (SSSR count). The molecule has 1 N–H and O–H groups in total. The van der Waals surface area contributed by atoms with Crippen molar-refractivity contribution in [3.05, 3.63) is 24.3 Å². The fourth-order valence-corrected chi connectivity index (χ4v) is 0.556. The predicted molar refractivity (Wildman–Crippen MR) is 59.0 cm³/mol. The third-order valence-corrected chi connectivity index (χ3v) is 1.11.